The van der Waals surface area contributed by atoms with E-state index in [1.807, 2.05) is 0 Å². The van der Waals surface area contributed by atoms with E-state index in [9.17, 15) is 58.3 Å². The molecule has 1 heterocycles. The van der Waals surface area contributed by atoms with E-state index < -0.39 is 89.5 Å². The molecule has 4 aliphatic rings. The molecule has 6 unspecified atom stereocenters. The molecule has 0 aromatic carbocycles. The number of alkyl halides is 10. The molecule has 34 heavy (non-hydrogen) atoms. The molecule has 0 aromatic heterocycles. The molecule has 4 rings (SSSR count). The second-order valence-corrected chi connectivity index (χ2v) is 8.41. The van der Waals surface area contributed by atoms with E-state index in [1.54, 1.807) is 0 Å². The number of ether oxygens (including phenoxy) is 3. The second-order valence-electron chi connectivity index (χ2n) is 8.41. The van der Waals surface area contributed by atoms with Crippen molar-refractivity contribution in [3.8, 4) is 0 Å². The van der Waals surface area contributed by atoms with Gasteiger partial charge in [0.15, 0.2) is 0 Å². The van der Waals surface area contributed by atoms with Gasteiger partial charge in [0.2, 0.25) is 6.10 Å². The van der Waals surface area contributed by atoms with Gasteiger partial charge in [-0.05, 0) is 6.42 Å². The molecular weight excluding hydrogens is 502 g/mol. The van der Waals surface area contributed by atoms with E-state index in [2.05, 4.69) is 11.3 Å². The standard InChI is InChI=1S/C18H12F10O6/c1-2-6(29)32-9-4-3-5-7(11(30)33-10(5)9)8(4)12(31)34-13-14(19,20)16(23,24)18(27,28)17(25,26)15(13,21)22/h2,4-5,7-10,13H,1,3H2. The van der Waals surface area contributed by atoms with Gasteiger partial charge in [0, 0.05) is 17.9 Å². The molecule has 1 aliphatic heterocycles. The second kappa shape index (κ2) is 6.77. The van der Waals surface area contributed by atoms with E-state index in [0.29, 0.717) is 6.08 Å². The molecule has 2 bridgehead atoms. The number of rotatable bonds is 4. The van der Waals surface area contributed by atoms with Gasteiger partial charge in [-0.25, -0.2) is 4.79 Å². The van der Waals surface area contributed by atoms with Crippen molar-refractivity contribution >= 4 is 17.9 Å². The highest BCUT2D eigenvalue weighted by Gasteiger charge is 2.96. The molecule has 16 heteroatoms. The molecule has 3 aliphatic carbocycles. The van der Waals surface area contributed by atoms with Crippen molar-refractivity contribution in [1.29, 1.82) is 0 Å². The number of carbonyl (C=O) groups is 3. The third-order valence-corrected chi connectivity index (χ3v) is 6.76. The topological polar surface area (TPSA) is 78.9 Å². The summed E-state index contributed by atoms with van der Waals surface area (Å²) in [5, 5.41) is 0. The Morgan fingerprint density at radius 1 is 0.882 bits per heavy atom. The third kappa shape index (κ3) is 2.62. The van der Waals surface area contributed by atoms with Gasteiger partial charge < -0.3 is 14.2 Å². The van der Waals surface area contributed by atoms with Crippen LogP contribution >= 0.6 is 0 Å². The van der Waals surface area contributed by atoms with Gasteiger partial charge in [-0.15, -0.1) is 0 Å². The summed E-state index contributed by atoms with van der Waals surface area (Å²) in [6.45, 7) is 3.10. The normalized spacial score (nSPS) is 39.9. The SMILES string of the molecule is C=CC(=O)OC1C2CC3C1OC(=O)C3C2C(=O)OC1C(F)(F)C(F)(F)C(F)(F)C(F)(F)C1(F)F. The molecule has 6 nitrogen and oxygen atoms in total. The van der Waals surface area contributed by atoms with Gasteiger partial charge in [-0.2, -0.15) is 43.9 Å². The van der Waals surface area contributed by atoms with Gasteiger partial charge in [-0.1, -0.05) is 6.58 Å². The van der Waals surface area contributed by atoms with Crippen LogP contribution in [0.4, 0.5) is 43.9 Å². The van der Waals surface area contributed by atoms with Crippen LogP contribution < -0.4 is 0 Å². The maximum atomic E-state index is 14.1. The van der Waals surface area contributed by atoms with E-state index >= 15 is 0 Å². The van der Waals surface area contributed by atoms with Crippen LogP contribution in [-0.2, 0) is 28.6 Å². The van der Waals surface area contributed by atoms with Crippen LogP contribution in [-0.4, -0.2) is 65.8 Å². The Kier molecular flexibility index (Phi) is 4.89. The summed E-state index contributed by atoms with van der Waals surface area (Å²) >= 11 is 0. The Labute approximate surface area is 182 Å². The molecule has 0 radical (unpaired) electrons. The molecule has 1 saturated heterocycles. The lowest BCUT2D eigenvalue weighted by Crippen LogP contribution is -2.80. The summed E-state index contributed by atoms with van der Waals surface area (Å²) < 4.78 is 151. The number of halogens is 10. The summed E-state index contributed by atoms with van der Waals surface area (Å²) in [5.41, 5.74) is 0. The molecule has 0 N–H and O–H groups in total. The van der Waals surface area contributed by atoms with Crippen molar-refractivity contribution in [2.45, 2.75) is 54.3 Å². The largest absolute Gasteiger partial charge is 0.458 e. The van der Waals surface area contributed by atoms with Crippen LogP contribution in [0.3, 0.4) is 0 Å². The minimum Gasteiger partial charge on any atom is -0.458 e. The number of carbonyl (C=O) groups excluding carboxylic acids is 3. The van der Waals surface area contributed by atoms with Gasteiger partial charge in [0.05, 0.1) is 11.8 Å². The van der Waals surface area contributed by atoms with Crippen LogP contribution in [0.1, 0.15) is 6.42 Å². The highest BCUT2D eigenvalue weighted by molar-refractivity contribution is 5.87. The van der Waals surface area contributed by atoms with Crippen molar-refractivity contribution in [2.75, 3.05) is 0 Å². The first-order chi connectivity index (χ1) is 15.4. The quantitative estimate of drug-likeness (QED) is 0.249. The van der Waals surface area contributed by atoms with Crippen molar-refractivity contribution in [3.05, 3.63) is 12.7 Å². The third-order valence-electron chi connectivity index (χ3n) is 6.76. The molecule has 0 aromatic rings. The fourth-order valence-corrected chi connectivity index (χ4v) is 5.17. The summed E-state index contributed by atoms with van der Waals surface area (Å²) in [6, 6.07) is 0. The van der Waals surface area contributed by atoms with Crippen molar-refractivity contribution < 1.29 is 72.5 Å². The molecule has 0 spiro atoms. The lowest BCUT2D eigenvalue weighted by atomic mass is 9.77. The minimum absolute atomic E-state index is 0.169. The number of fused-ring (bicyclic) bond motifs is 1. The molecule has 4 fully saturated rings. The average molecular weight is 514 g/mol. The van der Waals surface area contributed by atoms with Crippen LogP contribution in [0.2, 0.25) is 0 Å². The number of hydrogen-bond acceptors (Lipinski definition) is 6. The Morgan fingerprint density at radius 3 is 1.91 bits per heavy atom. The molecule has 0 amide bonds. The zero-order chi connectivity index (χ0) is 25.8. The summed E-state index contributed by atoms with van der Waals surface area (Å²) in [5.74, 6) is -44.8. The van der Waals surface area contributed by atoms with Crippen LogP contribution in [0.15, 0.2) is 12.7 Å². The van der Waals surface area contributed by atoms with E-state index in [1.165, 1.54) is 0 Å². The molecule has 190 valence electrons. The van der Waals surface area contributed by atoms with E-state index in [4.69, 9.17) is 9.47 Å². The first kappa shape index (κ1) is 24.6. The first-order valence-electron chi connectivity index (χ1n) is 9.49. The number of esters is 3. The van der Waals surface area contributed by atoms with Crippen LogP contribution in [0, 0.1) is 23.7 Å². The highest BCUT2D eigenvalue weighted by atomic mass is 19.4. The fraction of sp³-hybridized carbons (Fsp3) is 0.722. The monoisotopic (exact) mass is 514 g/mol. The Bertz CT molecular complexity index is 935. The van der Waals surface area contributed by atoms with E-state index in [-0.39, 0.29) is 6.42 Å². The Hall–Kier alpha value is -2.55. The van der Waals surface area contributed by atoms with Gasteiger partial charge in [0.1, 0.15) is 12.2 Å². The van der Waals surface area contributed by atoms with Crippen molar-refractivity contribution in [1.82, 2.24) is 0 Å². The lowest BCUT2D eigenvalue weighted by Gasteiger charge is -2.49. The Balaban J connectivity index is 1.69. The minimum atomic E-state index is -7.21. The van der Waals surface area contributed by atoms with E-state index in [0.717, 1.165) is 0 Å². The lowest BCUT2D eigenvalue weighted by molar-refractivity contribution is -0.469. The van der Waals surface area contributed by atoms with Crippen LogP contribution in [0.25, 0.3) is 0 Å². The summed E-state index contributed by atoms with van der Waals surface area (Å²) in [7, 11) is 0. The van der Waals surface area contributed by atoms with Crippen molar-refractivity contribution in [3.63, 3.8) is 0 Å². The predicted molar refractivity (Wildman–Crippen MR) is 83.1 cm³/mol. The van der Waals surface area contributed by atoms with Crippen molar-refractivity contribution in [2.24, 2.45) is 23.7 Å². The summed E-state index contributed by atoms with van der Waals surface area (Å²) in [6.07, 6.45) is -7.05. The van der Waals surface area contributed by atoms with Gasteiger partial charge >= 0.3 is 47.5 Å². The Morgan fingerprint density at radius 2 is 1.41 bits per heavy atom. The van der Waals surface area contributed by atoms with Crippen LogP contribution in [0.5, 0.6) is 0 Å². The average Bonchev–Trinajstić information content (AvgIpc) is 3.33. The zero-order valence-electron chi connectivity index (χ0n) is 16.3. The first-order valence-corrected chi connectivity index (χ1v) is 9.49. The highest BCUT2D eigenvalue weighted by Crippen LogP contribution is 2.66. The molecule has 6 atom stereocenters. The maximum absolute atomic E-state index is 14.1. The zero-order valence-corrected chi connectivity index (χ0v) is 16.3. The molecular formula is C18H12F10O6. The number of hydrogen-bond donors (Lipinski definition) is 0. The molecule has 3 saturated carbocycles. The smallest absolute Gasteiger partial charge is 0.384 e. The maximum Gasteiger partial charge on any atom is 0.384 e. The summed E-state index contributed by atoms with van der Waals surface area (Å²) in [4.78, 5) is 36.2. The fourth-order valence-electron chi connectivity index (χ4n) is 5.17. The predicted octanol–water partition coefficient (Wildman–Crippen LogP) is 2.99. The van der Waals surface area contributed by atoms with Gasteiger partial charge in [-0.3, -0.25) is 9.59 Å². The van der Waals surface area contributed by atoms with Gasteiger partial charge in [0.25, 0.3) is 0 Å².